The number of nitrogens with zero attached hydrogens (tertiary/aromatic N) is 6. The molecule has 0 spiro atoms. The van der Waals surface area contributed by atoms with Crippen LogP contribution in [0.15, 0.2) is 35.4 Å². The fourth-order valence-corrected chi connectivity index (χ4v) is 4.64. The number of aromatic nitrogens is 6. The topological polar surface area (TPSA) is 114 Å². The maximum atomic E-state index is 12.6. The summed E-state index contributed by atoms with van der Waals surface area (Å²) in [6.07, 6.45) is 3.15. The largest absolute Gasteiger partial charge is 0.355 e. The van der Waals surface area contributed by atoms with Gasteiger partial charge in [-0.2, -0.15) is 0 Å². The van der Waals surface area contributed by atoms with Crippen molar-refractivity contribution in [3.63, 3.8) is 0 Å². The highest BCUT2D eigenvalue weighted by molar-refractivity contribution is 5.96. The third-order valence-corrected chi connectivity index (χ3v) is 6.12. The molecule has 0 saturated carbocycles. The van der Waals surface area contributed by atoms with Crippen molar-refractivity contribution < 1.29 is 4.79 Å². The molecule has 5 rings (SSSR count). The fraction of sp³-hybridized carbons (Fsp3) is 0.409. The Bertz CT molecular complexity index is 1340. The van der Waals surface area contributed by atoms with Gasteiger partial charge in [-0.25, -0.2) is 19.7 Å². The van der Waals surface area contributed by atoms with E-state index in [1.807, 2.05) is 47.2 Å². The standard InChI is InChI=1S/C22H26N8O2/c1-3-23-21(31)20-27-17-18(24-13-25-19(17)29(20)4-2)28-11-9-14(10-12-28)30-16-8-6-5-7-15(16)26-22(30)32/h5-8,13-14H,3-4,9-12H2,1-2H3,(H,23,31)(H,26,32). The molecule has 10 heteroatoms. The number of imidazole rings is 2. The van der Waals surface area contributed by atoms with Gasteiger partial charge < -0.3 is 19.8 Å². The average Bonchev–Trinajstić information content (AvgIpc) is 3.36. The van der Waals surface area contributed by atoms with Gasteiger partial charge in [-0.15, -0.1) is 0 Å². The number of benzene rings is 1. The van der Waals surface area contributed by atoms with Gasteiger partial charge in [-0.3, -0.25) is 9.36 Å². The first-order chi connectivity index (χ1) is 15.6. The Balaban J connectivity index is 1.44. The smallest absolute Gasteiger partial charge is 0.326 e. The summed E-state index contributed by atoms with van der Waals surface area (Å²) in [7, 11) is 0. The van der Waals surface area contributed by atoms with Crippen molar-refractivity contribution in [1.29, 1.82) is 0 Å². The third-order valence-electron chi connectivity index (χ3n) is 6.12. The minimum atomic E-state index is -0.212. The summed E-state index contributed by atoms with van der Waals surface area (Å²) < 4.78 is 3.70. The Morgan fingerprint density at radius 2 is 1.97 bits per heavy atom. The maximum absolute atomic E-state index is 12.6. The minimum absolute atomic E-state index is 0.0673. The van der Waals surface area contributed by atoms with Crippen LogP contribution < -0.4 is 15.9 Å². The lowest BCUT2D eigenvalue weighted by molar-refractivity contribution is 0.0941. The van der Waals surface area contributed by atoms with Crippen LogP contribution in [0.3, 0.4) is 0 Å². The summed E-state index contributed by atoms with van der Waals surface area (Å²) >= 11 is 0. The van der Waals surface area contributed by atoms with Crippen molar-refractivity contribution in [2.45, 2.75) is 39.3 Å². The number of anilines is 1. The third kappa shape index (κ3) is 3.22. The number of rotatable bonds is 5. The van der Waals surface area contributed by atoms with Crippen molar-refractivity contribution in [3.8, 4) is 0 Å². The Labute approximate surface area is 184 Å². The number of carbonyl (C=O) groups is 1. The molecule has 1 fully saturated rings. The number of amides is 1. The highest BCUT2D eigenvalue weighted by Gasteiger charge is 2.27. The molecule has 1 aliphatic rings. The van der Waals surface area contributed by atoms with Gasteiger partial charge in [0.2, 0.25) is 5.82 Å². The van der Waals surface area contributed by atoms with Crippen LogP contribution in [0.2, 0.25) is 0 Å². The van der Waals surface area contributed by atoms with Gasteiger partial charge in [0.1, 0.15) is 6.33 Å². The molecule has 0 atom stereocenters. The second-order valence-electron chi connectivity index (χ2n) is 7.94. The highest BCUT2D eigenvalue weighted by Crippen LogP contribution is 2.30. The van der Waals surface area contributed by atoms with Crippen LogP contribution in [0.4, 0.5) is 5.82 Å². The first kappa shape index (κ1) is 20.2. The van der Waals surface area contributed by atoms with Gasteiger partial charge >= 0.3 is 5.69 Å². The molecule has 4 heterocycles. The summed E-state index contributed by atoms with van der Waals surface area (Å²) in [6.45, 7) is 6.44. The summed E-state index contributed by atoms with van der Waals surface area (Å²) in [6, 6.07) is 7.90. The lowest BCUT2D eigenvalue weighted by Gasteiger charge is -2.33. The van der Waals surface area contributed by atoms with Gasteiger partial charge in [0.25, 0.3) is 5.91 Å². The molecule has 0 bridgehead atoms. The van der Waals surface area contributed by atoms with Crippen LogP contribution in [0.1, 0.15) is 43.3 Å². The van der Waals surface area contributed by atoms with Crippen molar-refractivity contribution in [2.75, 3.05) is 24.5 Å². The van der Waals surface area contributed by atoms with E-state index in [0.717, 1.165) is 42.8 Å². The van der Waals surface area contributed by atoms with Crippen LogP contribution in [0, 0.1) is 0 Å². The lowest BCUT2D eigenvalue weighted by Crippen LogP contribution is -2.37. The Kier molecular flexibility index (Phi) is 5.12. The van der Waals surface area contributed by atoms with E-state index < -0.39 is 0 Å². The second kappa shape index (κ2) is 8.10. The van der Waals surface area contributed by atoms with E-state index in [9.17, 15) is 9.59 Å². The number of hydrogen-bond acceptors (Lipinski definition) is 6. The van der Waals surface area contributed by atoms with Crippen LogP contribution in [-0.2, 0) is 6.54 Å². The summed E-state index contributed by atoms with van der Waals surface area (Å²) in [4.78, 5) is 43.7. The van der Waals surface area contributed by atoms with E-state index in [-0.39, 0.29) is 17.6 Å². The zero-order chi connectivity index (χ0) is 22.2. The predicted molar refractivity (Wildman–Crippen MR) is 122 cm³/mol. The number of hydrogen-bond donors (Lipinski definition) is 2. The molecule has 1 aliphatic heterocycles. The fourth-order valence-electron chi connectivity index (χ4n) is 4.64. The molecule has 10 nitrogen and oxygen atoms in total. The quantitative estimate of drug-likeness (QED) is 0.497. The predicted octanol–water partition coefficient (Wildman–Crippen LogP) is 2.08. The monoisotopic (exact) mass is 434 g/mol. The van der Waals surface area contributed by atoms with E-state index in [1.54, 1.807) is 0 Å². The van der Waals surface area contributed by atoms with Gasteiger partial charge in [0.05, 0.1) is 11.0 Å². The number of para-hydroxylation sites is 2. The molecule has 1 aromatic carbocycles. The number of nitrogens with one attached hydrogen (secondary N) is 2. The molecule has 1 saturated heterocycles. The molecule has 2 N–H and O–H groups in total. The van der Waals surface area contributed by atoms with Crippen LogP contribution >= 0.6 is 0 Å². The van der Waals surface area contributed by atoms with Crippen molar-refractivity contribution in [1.82, 2.24) is 34.4 Å². The Hall–Kier alpha value is -3.69. The van der Waals surface area contributed by atoms with Crippen LogP contribution in [0.5, 0.6) is 0 Å². The molecule has 0 unspecified atom stereocenters. The first-order valence-corrected chi connectivity index (χ1v) is 11.1. The van der Waals surface area contributed by atoms with Gasteiger partial charge in [0, 0.05) is 32.2 Å². The first-order valence-electron chi connectivity index (χ1n) is 11.1. The van der Waals surface area contributed by atoms with Gasteiger partial charge in [-0.1, -0.05) is 12.1 Å². The van der Waals surface area contributed by atoms with Crippen LogP contribution in [-0.4, -0.2) is 54.6 Å². The average molecular weight is 435 g/mol. The van der Waals surface area contributed by atoms with E-state index in [4.69, 9.17) is 0 Å². The van der Waals surface area contributed by atoms with E-state index in [2.05, 4.69) is 30.2 Å². The van der Waals surface area contributed by atoms with E-state index in [0.29, 0.717) is 30.1 Å². The number of piperidine rings is 1. The lowest BCUT2D eigenvalue weighted by atomic mass is 10.0. The molecule has 32 heavy (non-hydrogen) atoms. The summed E-state index contributed by atoms with van der Waals surface area (Å²) in [5.74, 6) is 0.875. The molecular formula is C22H26N8O2. The molecule has 0 radical (unpaired) electrons. The maximum Gasteiger partial charge on any atom is 0.326 e. The van der Waals surface area contributed by atoms with Gasteiger partial charge in [0.15, 0.2) is 17.0 Å². The minimum Gasteiger partial charge on any atom is -0.355 e. The van der Waals surface area contributed by atoms with Crippen molar-refractivity contribution in [3.05, 3.63) is 46.9 Å². The number of fused-ring (bicyclic) bond motifs is 2. The second-order valence-corrected chi connectivity index (χ2v) is 7.94. The Morgan fingerprint density at radius 3 is 2.72 bits per heavy atom. The van der Waals surface area contributed by atoms with E-state index in [1.165, 1.54) is 6.33 Å². The Morgan fingerprint density at radius 1 is 1.19 bits per heavy atom. The molecule has 0 aliphatic carbocycles. The molecule has 166 valence electrons. The molecular weight excluding hydrogens is 408 g/mol. The molecule has 3 aromatic heterocycles. The van der Waals surface area contributed by atoms with Gasteiger partial charge in [-0.05, 0) is 38.8 Å². The number of aromatic amines is 1. The molecule has 4 aromatic rings. The normalized spacial score (nSPS) is 15.0. The zero-order valence-corrected chi connectivity index (χ0v) is 18.2. The number of carbonyl (C=O) groups excluding carboxylic acids is 1. The van der Waals surface area contributed by atoms with Crippen molar-refractivity contribution in [2.24, 2.45) is 0 Å². The molecule has 1 amide bonds. The number of aryl methyl sites for hydroxylation is 1. The highest BCUT2D eigenvalue weighted by atomic mass is 16.2. The SMILES string of the molecule is CCNC(=O)c1nc2c(N3CCC(n4c(=O)[nH]c5ccccc54)CC3)ncnc2n1CC. The number of H-pyrrole nitrogens is 1. The van der Waals surface area contributed by atoms with Crippen molar-refractivity contribution >= 4 is 33.9 Å². The zero-order valence-electron chi connectivity index (χ0n) is 18.2. The van der Waals surface area contributed by atoms with E-state index >= 15 is 0 Å². The summed E-state index contributed by atoms with van der Waals surface area (Å²) in [5.41, 5.74) is 3.03. The van der Waals surface area contributed by atoms with Crippen LogP contribution in [0.25, 0.3) is 22.2 Å². The summed E-state index contributed by atoms with van der Waals surface area (Å²) in [5, 5.41) is 2.82.